The molecule has 1 aromatic carbocycles. The van der Waals surface area contributed by atoms with E-state index in [0.717, 1.165) is 37.0 Å². The number of nitrogens with one attached hydrogen (secondary N) is 1. The second kappa shape index (κ2) is 7.10. The van der Waals surface area contributed by atoms with Crippen LogP contribution in [0.2, 0.25) is 0 Å². The predicted octanol–water partition coefficient (Wildman–Crippen LogP) is 3.55. The van der Waals surface area contributed by atoms with Crippen LogP contribution in [0.25, 0.3) is 0 Å². The first kappa shape index (κ1) is 17.7. The first-order valence-electron chi connectivity index (χ1n) is 10.0. The van der Waals surface area contributed by atoms with Crippen molar-refractivity contribution in [3.63, 3.8) is 0 Å². The molecule has 0 radical (unpaired) electrons. The molecule has 1 aromatic rings. The summed E-state index contributed by atoms with van der Waals surface area (Å²) in [7, 11) is 1.65. The lowest BCUT2D eigenvalue weighted by atomic mass is 9.80. The van der Waals surface area contributed by atoms with Gasteiger partial charge in [0.05, 0.1) is 12.7 Å². The Morgan fingerprint density at radius 1 is 1.08 bits per heavy atom. The molecule has 3 fully saturated rings. The molecule has 1 aliphatic carbocycles. The van der Waals surface area contributed by atoms with Crippen LogP contribution in [0.1, 0.15) is 63.4 Å². The van der Waals surface area contributed by atoms with Crippen LogP contribution >= 0.6 is 0 Å². The van der Waals surface area contributed by atoms with Crippen molar-refractivity contribution in [2.45, 2.75) is 81.5 Å². The molecule has 2 aliphatic heterocycles. The van der Waals surface area contributed by atoms with E-state index in [1.54, 1.807) is 7.11 Å². The van der Waals surface area contributed by atoms with Crippen LogP contribution in [-0.2, 0) is 5.60 Å². The Morgan fingerprint density at radius 3 is 2.27 bits per heavy atom. The largest absolute Gasteiger partial charge is 0.497 e. The number of amides is 2. The zero-order valence-electron chi connectivity index (χ0n) is 15.6. The average molecular weight is 358 g/mol. The van der Waals surface area contributed by atoms with Gasteiger partial charge in [-0.15, -0.1) is 0 Å². The highest BCUT2D eigenvalue weighted by molar-refractivity contribution is 5.76. The van der Waals surface area contributed by atoms with Gasteiger partial charge in [0.2, 0.25) is 0 Å². The number of fused-ring (bicyclic) bond motifs is 2. The number of carbonyl (C=O) groups excluding carboxylic acids is 1. The van der Waals surface area contributed by atoms with Gasteiger partial charge in [-0.1, -0.05) is 31.4 Å². The van der Waals surface area contributed by atoms with E-state index in [9.17, 15) is 9.90 Å². The second-order valence-corrected chi connectivity index (χ2v) is 8.25. The Bertz CT molecular complexity index is 625. The number of methoxy groups -OCH3 is 1. The van der Waals surface area contributed by atoms with Gasteiger partial charge in [-0.2, -0.15) is 0 Å². The van der Waals surface area contributed by atoms with E-state index in [1.165, 1.54) is 19.3 Å². The number of piperidine rings is 1. The molecule has 2 bridgehead atoms. The Kier molecular flexibility index (Phi) is 4.82. The lowest BCUT2D eigenvalue weighted by Crippen LogP contribution is -2.56. The summed E-state index contributed by atoms with van der Waals surface area (Å²) in [4.78, 5) is 14.9. The van der Waals surface area contributed by atoms with Crippen molar-refractivity contribution in [2.24, 2.45) is 0 Å². The third-order valence-corrected chi connectivity index (χ3v) is 6.56. The van der Waals surface area contributed by atoms with Crippen molar-refractivity contribution >= 4 is 6.03 Å². The molecular weight excluding hydrogens is 328 g/mol. The lowest BCUT2D eigenvalue weighted by Gasteiger charge is -2.44. The number of urea groups is 1. The van der Waals surface area contributed by atoms with Gasteiger partial charge in [0, 0.05) is 31.0 Å². The smallest absolute Gasteiger partial charge is 0.318 e. The topological polar surface area (TPSA) is 61.8 Å². The maximum atomic E-state index is 12.9. The third-order valence-electron chi connectivity index (χ3n) is 6.56. The fourth-order valence-electron chi connectivity index (χ4n) is 5.19. The van der Waals surface area contributed by atoms with Crippen LogP contribution in [-0.4, -0.2) is 41.3 Å². The highest BCUT2D eigenvalue weighted by Crippen LogP contribution is 2.46. The van der Waals surface area contributed by atoms with E-state index in [0.29, 0.717) is 18.9 Å². The molecular formula is C21H30N2O3. The molecule has 2 N–H and O–H groups in total. The highest BCUT2D eigenvalue weighted by atomic mass is 16.5. The maximum Gasteiger partial charge on any atom is 0.318 e. The molecule has 3 aliphatic rings. The molecule has 4 rings (SSSR count). The standard InChI is InChI=1S/C21H30N2O3/c1-26-19-11-7-15(8-12-19)21(25)13-17-9-10-18(14-21)23(17)20(24)22-16-5-3-2-4-6-16/h7-8,11-12,16-18,25H,2-6,9-10,13-14H2,1H3,(H,22,24). The molecule has 2 saturated heterocycles. The van der Waals surface area contributed by atoms with E-state index >= 15 is 0 Å². The number of benzene rings is 1. The Hall–Kier alpha value is -1.75. The van der Waals surface area contributed by atoms with Gasteiger partial charge in [-0.3, -0.25) is 0 Å². The zero-order valence-corrected chi connectivity index (χ0v) is 15.6. The molecule has 142 valence electrons. The summed E-state index contributed by atoms with van der Waals surface area (Å²) in [5, 5.41) is 14.6. The summed E-state index contributed by atoms with van der Waals surface area (Å²) >= 11 is 0. The number of aliphatic hydroxyl groups is 1. The van der Waals surface area contributed by atoms with Crippen molar-refractivity contribution in [3.05, 3.63) is 29.8 Å². The Balaban J connectivity index is 1.45. The van der Waals surface area contributed by atoms with E-state index in [4.69, 9.17) is 4.74 Å². The first-order chi connectivity index (χ1) is 12.6. The quantitative estimate of drug-likeness (QED) is 0.869. The molecule has 5 nitrogen and oxygen atoms in total. The van der Waals surface area contributed by atoms with Crippen LogP contribution in [0.15, 0.2) is 24.3 Å². The van der Waals surface area contributed by atoms with Gasteiger partial charge in [-0.25, -0.2) is 4.79 Å². The van der Waals surface area contributed by atoms with E-state index in [1.807, 2.05) is 29.2 Å². The van der Waals surface area contributed by atoms with Crippen molar-refractivity contribution in [1.29, 1.82) is 0 Å². The van der Waals surface area contributed by atoms with Crippen LogP contribution < -0.4 is 10.1 Å². The summed E-state index contributed by atoms with van der Waals surface area (Å²) in [6, 6.07) is 8.38. The summed E-state index contributed by atoms with van der Waals surface area (Å²) in [6.07, 6.45) is 9.14. The zero-order chi connectivity index (χ0) is 18.1. The first-order valence-corrected chi connectivity index (χ1v) is 10.0. The van der Waals surface area contributed by atoms with Crippen molar-refractivity contribution in [1.82, 2.24) is 10.2 Å². The molecule has 0 aromatic heterocycles. The fraction of sp³-hybridized carbons (Fsp3) is 0.667. The van der Waals surface area contributed by atoms with Gasteiger partial charge < -0.3 is 20.1 Å². The number of nitrogens with zero attached hydrogens (tertiary/aromatic N) is 1. The minimum Gasteiger partial charge on any atom is -0.497 e. The number of hydrogen-bond acceptors (Lipinski definition) is 3. The third kappa shape index (κ3) is 3.29. The minimum atomic E-state index is -0.847. The molecule has 26 heavy (non-hydrogen) atoms. The van der Waals surface area contributed by atoms with Crippen molar-refractivity contribution in [2.75, 3.05) is 7.11 Å². The maximum absolute atomic E-state index is 12.9. The molecule has 2 atom stereocenters. The average Bonchev–Trinajstić information content (AvgIpc) is 2.95. The van der Waals surface area contributed by atoms with Crippen LogP contribution in [0.3, 0.4) is 0 Å². The summed E-state index contributed by atoms with van der Waals surface area (Å²) in [5.74, 6) is 0.796. The van der Waals surface area contributed by atoms with Crippen molar-refractivity contribution < 1.29 is 14.6 Å². The molecule has 2 amide bonds. The number of rotatable bonds is 3. The van der Waals surface area contributed by atoms with E-state index in [-0.39, 0.29) is 18.1 Å². The highest BCUT2D eigenvalue weighted by Gasteiger charge is 2.50. The normalized spacial score (nSPS) is 31.7. The number of carbonyl (C=O) groups is 1. The Morgan fingerprint density at radius 2 is 1.69 bits per heavy atom. The number of ether oxygens (including phenoxy) is 1. The van der Waals surface area contributed by atoms with Gasteiger partial charge in [-0.05, 0) is 43.4 Å². The molecule has 2 unspecified atom stereocenters. The minimum absolute atomic E-state index is 0.0844. The second-order valence-electron chi connectivity index (χ2n) is 8.25. The van der Waals surface area contributed by atoms with Crippen LogP contribution in [0.5, 0.6) is 5.75 Å². The summed E-state index contributed by atoms with van der Waals surface area (Å²) in [6.45, 7) is 0. The van der Waals surface area contributed by atoms with Crippen molar-refractivity contribution in [3.8, 4) is 5.75 Å². The van der Waals surface area contributed by atoms with E-state index < -0.39 is 5.60 Å². The lowest BCUT2D eigenvalue weighted by molar-refractivity contribution is -0.0440. The van der Waals surface area contributed by atoms with E-state index in [2.05, 4.69) is 5.32 Å². The Labute approximate surface area is 155 Å². The number of hydrogen-bond donors (Lipinski definition) is 2. The molecule has 1 saturated carbocycles. The summed E-state index contributed by atoms with van der Waals surface area (Å²) in [5.41, 5.74) is 0.0854. The van der Waals surface area contributed by atoms with Gasteiger partial charge in [0.15, 0.2) is 0 Å². The monoisotopic (exact) mass is 358 g/mol. The van der Waals surface area contributed by atoms with Gasteiger partial charge in [0.25, 0.3) is 0 Å². The molecule has 2 heterocycles. The van der Waals surface area contributed by atoms with Gasteiger partial charge >= 0.3 is 6.03 Å². The molecule has 0 spiro atoms. The van der Waals surface area contributed by atoms with Gasteiger partial charge in [0.1, 0.15) is 5.75 Å². The predicted molar refractivity (Wildman–Crippen MR) is 100 cm³/mol. The fourth-order valence-corrected chi connectivity index (χ4v) is 5.19. The molecule has 5 heteroatoms. The van der Waals surface area contributed by atoms with Crippen LogP contribution in [0.4, 0.5) is 4.79 Å². The SMILES string of the molecule is COc1ccc(C2(O)CC3CCC(C2)N3C(=O)NC2CCCCC2)cc1. The van der Waals surface area contributed by atoms with Crippen LogP contribution in [0, 0.1) is 0 Å². The summed E-state index contributed by atoms with van der Waals surface area (Å²) < 4.78 is 5.22.